The lowest BCUT2D eigenvalue weighted by molar-refractivity contribution is 0.0559. The molecule has 1 fully saturated rings. The van der Waals surface area contributed by atoms with Crippen molar-refractivity contribution < 1.29 is 5.11 Å². The number of amidine groups is 1. The highest BCUT2D eigenvalue weighted by Crippen LogP contribution is 2.31. The maximum atomic E-state index is 10.4. The number of rotatable bonds is 4. The van der Waals surface area contributed by atoms with Gasteiger partial charge in [0.1, 0.15) is 5.84 Å². The third-order valence-corrected chi connectivity index (χ3v) is 4.01. The normalized spacial score (nSPS) is 17.4. The van der Waals surface area contributed by atoms with Crippen LogP contribution in [0.4, 0.5) is 5.69 Å². The molecule has 0 atom stereocenters. The van der Waals surface area contributed by atoms with Crippen LogP contribution >= 0.6 is 0 Å². The van der Waals surface area contributed by atoms with Crippen LogP contribution in [0.1, 0.15) is 36.8 Å². The van der Waals surface area contributed by atoms with Crippen LogP contribution in [-0.4, -0.2) is 30.1 Å². The number of hydrogen-bond donors (Lipinski definition) is 3. The Bertz CT molecular complexity index is 478. The monoisotopic (exact) mass is 261 g/mol. The average Bonchev–Trinajstić information content (AvgIpc) is 2.75. The number of hydrogen-bond acceptors (Lipinski definition) is 3. The van der Waals surface area contributed by atoms with Gasteiger partial charge in [-0.15, -0.1) is 0 Å². The maximum absolute atomic E-state index is 10.4. The summed E-state index contributed by atoms with van der Waals surface area (Å²) < 4.78 is 0. The number of nitrogens with one attached hydrogen (secondary N) is 1. The number of aryl methyl sites for hydroxylation is 1. The molecule has 1 aromatic rings. The molecule has 0 radical (unpaired) electrons. The zero-order valence-corrected chi connectivity index (χ0v) is 11.7. The third-order valence-electron chi connectivity index (χ3n) is 4.01. The highest BCUT2D eigenvalue weighted by Gasteiger charge is 2.32. The minimum absolute atomic E-state index is 0.0983. The Labute approximate surface area is 114 Å². The van der Waals surface area contributed by atoms with Crippen molar-refractivity contribution in [2.24, 2.45) is 5.73 Å². The first-order chi connectivity index (χ1) is 8.91. The molecule has 0 aliphatic heterocycles. The molecule has 0 amide bonds. The first-order valence-electron chi connectivity index (χ1n) is 6.80. The fourth-order valence-electron chi connectivity index (χ4n) is 2.91. The lowest BCUT2D eigenvalue weighted by Gasteiger charge is -2.30. The number of anilines is 1. The molecular formula is C15H23N3O. The Morgan fingerprint density at radius 2 is 2.05 bits per heavy atom. The lowest BCUT2D eigenvalue weighted by atomic mass is 10.0. The SMILES string of the molecule is Cc1cc(N(C)CC2(O)CCCC2)ccc1C(=N)N. The van der Waals surface area contributed by atoms with Gasteiger partial charge in [0.2, 0.25) is 0 Å². The lowest BCUT2D eigenvalue weighted by Crippen LogP contribution is -2.39. The van der Waals surface area contributed by atoms with Gasteiger partial charge in [-0.2, -0.15) is 0 Å². The fourth-order valence-corrected chi connectivity index (χ4v) is 2.91. The summed E-state index contributed by atoms with van der Waals surface area (Å²) in [6, 6.07) is 5.86. The molecule has 0 heterocycles. The van der Waals surface area contributed by atoms with Crippen molar-refractivity contribution in [3.63, 3.8) is 0 Å². The Morgan fingerprint density at radius 3 is 2.58 bits per heavy atom. The van der Waals surface area contributed by atoms with Gasteiger partial charge in [-0.25, -0.2) is 0 Å². The average molecular weight is 261 g/mol. The number of nitrogens with two attached hydrogens (primary N) is 1. The maximum Gasteiger partial charge on any atom is 0.123 e. The summed E-state index contributed by atoms with van der Waals surface area (Å²) >= 11 is 0. The van der Waals surface area contributed by atoms with Gasteiger partial charge in [0.15, 0.2) is 0 Å². The molecule has 0 unspecified atom stereocenters. The quantitative estimate of drug-likeness (QED) is 0.573. The van der Waals surface area contributed by atoms with Crippen LogP contribution in [0.5, 0.6) is 0 Å². The summed E-state index contributed by atoms with van der Waals surface area (Å²) in [6.45, 7) is 2.62. The van der Waals surface area contributed by atoms with Crippen LogP contribution in [0.15, 0.2) is 18.2 Å². The first kappa shape index (κ1) is 13.9. The minimum atomic E-state index is -0.540. The Hall–Kier alpha value is -1.55. The summed E-state index contributed by atoms with van der Waals surface area (Å²) in [5.41, 5.74) is 7.81. The van der Waals surface area contributed by atoms with Crippen LogP contribution in [0, 0.1) is 12.3 Å². The van der Waals surface area contributed by atoms with Gasteiger partial charge < -0.3 is 15.7 Å². The summed E-state index contributed by atoms with van der Waals surface area (Å²) in [5.74, 6) is 0.0983. The molecule has 0 bridgehead atoms. The van der Waals surface area contributed by atoms with Gasteiger partial charge in [-0.1, -0.05) is 12.8 Å². The zero-order chi connectivity index (χ0) is 14.0. The smallest absolute Gasteiger partial charge is 0.123 e. The molecule has 4 nitrogen and oxygen atoms in total. The molecule has 0 aromatic heterocycles. The van der Waals surface area contributed by atoms with Crippen LogP contribution in [0.25, 0.3) is 0 Å². The summed E-state index contributed by atoms with van der Waals surface area (Å²) in [5, 5.41) is 17.9. The van der Waals surface area contributed by atoms with Gasteiger partial charge in [-0.3, -0.25) is 5.41 Å². The topological polar surface area (TPSA) is 73.3 Å². The van der Waals surface area contributed by atoms with Gasteiger partial charge in [0.05, 0.1) is 5.60 Å². The molecule has 104 valence electrons. The van der Waals surface area contributed by atoms with Gasteiger partial charge >= 0.3 is 0 Å². The van der Waals surface area contributed by atoms with E-state index in [0.717, 1.165) is 42.5 Å². The molecule has 0 saturated heterocycles. The summed E-state index contributed by atoms with van der Waals surface area (Å²) in [4.78, 5) is 2.09. The van der Waals surface area contributed by atoms with Crippen molar-refractivity contribution in [1.29, 1.82) is 5.41 Å². The Morgan fingerprint density at radius 1 is 1.42 bits per heavy atom. The fraction of sp³-hybridized carbons (Fsp3) is 0.533. The molecule has 1 saturated carbocycles. The standard InChI is InChI=1S/C15H23N3O/c1-11-9-12(5-6-13(11)14(16)17)18(2)10-15(19)7-3-4-8-15/h5-6,9,19H,3-4,7-8,10H2,1-2H3,(H3,16,17). The molecule has 1 aliphatic rings. The van der Waals surface area contributed by atoms with E-state index in [2.05, 4.69) is 4.90 Å². The highest BCUT2D eigenvalue weighted by atomic mass is 16.3. The molecule has 1 aromatic carbocycles. The molecule has 2 rings (SSSR count). The number of nitrogen functional groups attached to an aromatic ring is 1. The van der Waals surface area contributed by atoms with E-state index in [0.29, 0.717) is 6.54 Å². The largest absolute Gasteiger partial charge is 0.388 e. The predicted octanol–water partition coefficient (Wildman–Crippen LogP) is 2.02. The van der Waals surface area contributed by atoms with E-state index in [1.807, 2.05) is 32.2 Å². The van der Waals surface area contributed by atoms with Gasteiger partial charge in [0, 0.05) is 24.8 Å². The van der Waals surface area contributed by atoms with E-state index in [1.54, 1.807) is 0 Å². The second kappa shape index (κ2) is 5.21. The van der Waals surface area contributed by atoms with Gasteiger partial charge in [0.25, 0.3) is 0 Å². The molecule has 19 heavy (non-hydrogen) atoms. The van der Waals surface area contributed by atoms with Crippen LogP contribution in [-0.2, 0) is 0 Å². The van der Waals surface area contributed by atoms with Gasteiger partial charge in [-0.05, 0) is 43.5 Å². The number of likely N-dealkylation sites (N-methyl/N-ethyl adjacent to an activating group) is 1. The minimum Gasteiger partial charge on any atom is -0.388 e. The van der Waals surface area contributed by atoms with Crippen molar-refractivity contribution in [3.8, 4) is 0 Å². The second-order valence-corrected chi connectivity index (χ2v) is 5.70. The van der Waals surface area contributed by atoms with E-state index >= 15 is 0 Å². The van der Waals surface area contributed by atoms with Crippen molar-refractivity contribution in [1.82, 2.24) is 0 Å². The van der Waals surface area contributed by atoms with Crippen molar-refractivity contribution in [2.75, 3.05) is 18.5 Å². The molecule has 4 heteroatoms. The molecule has 4 N–H and O–H groups in total. The summed E-state index contributed by atoms with van der Waals surface area (Å²) in [6.07, 6.45) is 4.02. The first-order valence-corrected chi connectivity index (χ1v) is 6.80. The van der Waals surface area contributed by atoms with Crippen LogP contribution in [0.3, 0.4) is 0 Å². The third kappa shape index (κ3) is 3.07. The second-order valence-electron chi connectivity index (χ2n) is 5.70. The van der Waals surface area contributed by atoms with Crippen molar-refractivity contribution in [3.05, 3.63) is 29.3 Å². The van der Waals surface area contributed by atoms with E-state index in [1.165, 1.54) is 0 Å². The van der Waals surface area contributed by atoms with Crippen molar-refractivity contribution >= 4 is 11.5 Å². The summed E-state index contributed by atoms with van der Waals surface area (Å²) in [7, 11) is 2.00. The van der Waals surface area contributed by atoms with Crippen LogP contribution < -0.4 is 10.6 Å². The Kier molecular flexibility index (Phi) is 3.80. The van der Waals surface area contributed by atoms with E-state index in [-0.39, 0.29) is 5.84 Å². The predicted molar refractivity (Wildman–Crippen MR) is 78.9 cm³/mol. The number of nitrogens with zero attached hydrogens (tertiary/aromatic N) is 1. The molecule has 1 aliphatic carbocycles. The number of aliphatic hydroxyl groups is 1. The molecular weight excluding hydrogens is 238 g/mol. The van der Waals surface area contributed by atoms with E-state index in [9.17, 15) is 5.11 Å². The Balaban J connectivity index is 2.13. The molecule has 0 spiro atoms. The highest BCUT2D eigenvalue weighted by molar-refractivity contribution is 5.96. The van der Waals surface area contributed by atoms with E-state index in [4.69, 9.17) is 11.1 Å². The van der Waals surface area contributed by atoms with Crippen molar-refractivity contribution in [2.45, 2.75) is 38.2 Å². The van der Waals surface area contributed by atoms with Crippen LogP contribution in [0.2, 0.25) is 0 Å². The van der Waals surface area contributed by atoms with E-state index < -0.39 is 5.60 Å². The number of benzene rings is 1. The zero-order valence-electron chi connectivity index (χ0n) is 11.7.